The number of rotatable bonds is 2. The van der Waals surface area contributed by atoms with Crippen molar-refractivity contribution in [2.45, 2.75) is 50.8 Å². The van der Waals surface area contributed by atoms with Gasteiger partial charge >= 0.3 is 5.97 Å². The topological polar surface area (TPSA) is 125 Å². The van der Waals surface area contributed by atoms with Gasteiger partial charge in [0, 0.05) is 5.54 Å². The van der Waals surface area contributed by atoms with Crippen LogP contribution in [0, 0.1) is 5.92 Å². The molecule has 2 aliphatic rings. The molecule has 114 valence electrons. The summed E-state index contributed by atoms with van der Waals surface area (Å²) in [6, 6.07) is 0. The van der Waals surface area contributed by atoms with Crippen LogP contribution < -0.4 is 10.8 Å². The summed E-state index contributed by atoms with van der Waals surface area (Å²) < 4.78 is 0. The van der Waals surface area contributed by atoms with Crippen LogP contribution >= 0.6 is 0 Å². The number of carbonyl (C=O) groups is 3. The first-order valence-electron chi connectivity index (χ1n) is 6.48. The molecule has 20 heavy (non-hydrogen) atoms. The lowest BCUT2D eigenvalue weighted by Gasteiger charge is -2.35. The van der Waals surface area contributed by atoms with Crippen molar-refractivity contribution in [2.75, 3.05) is 0 Å². The maximum Gasteiger partial charge on any atom is 0.341 e. The van der Waals surface area contributed by atoms with E-state index in [0.717, 1.165) is 25.7 Å². The second-order valence-electron chi connectivity index (χ2n) is 5.18. The number of amides is 1. The van der Waals surface area contributed by atoms with Crippen molar-refractivity contribution in [2.24, 2.45) is 5.92 Å². The van der Waals surface area contributed by atoms with Crippen LogP contribution in [0.2, 0.25) is 0 Å². The molecular formula is C12H20N2O6. The molecule has 1 amide bonds. The summed E-state index contributed by atoms with van der Waals surface area (Å²) >= 11 is 0. The SMILES string of the molecule is CC1(NC(=O)C2C(=O)ONC2O)CCCCC1.O=CO. The largest absolute Gasteiger partial charge is 0.483 e. The fraction of sp³-hybridized carbons (Fsp3) is 0.750. The summed E-state index contributed by atoms with van der Waals surface area (Å²) in [4.78, 5) is 36.0. The summed E-state index contributed by atoms with van der Waals surface area (Å²) in [5.41, 5.74) is 1.83. The van der Waals surface area contributed by atoms with E-state index in [4.69, 9.17) is 9.90 Å². The zero-order chi connectivity index (χ0) is 15.2. The average Bonchev–Trinajstić information content (AvgIpc) is 2.70. The minimum Gasteiger partial charge on any atom is -0.483 e. The van der Waals surface area contributed by atoms with E-state index in [2.05, 4.69) is 15.6 Å². The summed E-state index contributed by atoms with van der Waals surface area (Å²) in [5.74, 6) is -2.35. The molecule has 1 saturated heterocycles. The van der Waals surface area contributed by atoms with Crippen molar-refractivity contribution >= 4 is 18.3 Å². The number of aliphatic hydroxyl groups is 1. The summed E-state index contributed by atoms with van der Waals surface area (Å²) in [5, 5.41) is 19.2. The molecule has 1 aliphatic carbocycles. The zero-order valence-electron chi connectivity index (χ0n) is 11.3. The van der Waals surface area contributed by atoms with Crippen molar-refractivity contribution in [1.82, 2.24) is 10.8 Å². The quantitative estimate of drug-likeness (QED) is 0.399. The number of hydrogen-bond donors (Lipinski definition) is 4. The van der Waals surface area contributed by atoms with Crippen LogP contribution in [0.4, 0.5) is 0 Å². The molecule has 4 N–H and O–H groups in total. The van der Waals surface area contributed by atoms with Crippen LogP contribution in [0.5, 0.6) is 0 Å². The second kappa shape index (κ2) is 7.20. The van der Waals surface area contributed by atoms with Crippen molar-refractivity contribution < 1.29 is 29.4 Å². The molecule has 0 bridgehead atoms. The molecule has 1 heterocycles. The molecule has 0 aromatic rings. The summed E-state index contributed by atoms with van der Waals surface area (Å²) in [6.07, 6.45) is 3.89. The van der Waals surface area contributed by atoms with Gasteiger partial charge in [0.25, 0.3) is 6.47 Å². The zero-order valence-corrected chi connectivity index (χ0v) is 11.3. The minimum absolute atomic E-state index is 0.250. The van der Waals surface area contributed by atoms with E-state index in [1.54, 1.807) is 0 Å². The Morgan fingerprint density at radius 1 is 1.45 bits per heavy atom. The van der Waals surface area contributed by atoms with Crippen LogP contribution in [-0.2, 0) is 19.2 Å². The Bertz CT molecular complexity index is 367. The Morgan fingerprint density at radius 3 is 2.45 bits per heavy atom. The van der Waals surface area contributed by atoms with Gasteiger partial charge in [0.2, 0.25) is 5.91 Å². The standard InChI is InChI=1S/C11H18N2O4.CH2O2/c1-11(5-3-2-4-6-11)12-8(14)7-9(15)13-17-10(7)16;2-1-3/h7,9,13,15H,2-6H2,1H3,(H,12,14);1H,(H,2,3). The Balaban J connectivity index is 0.000000612. The Labute approximate surface area is 116 Å². The summed E-state index contributed by atoms with van der Waals surface area (Å²) in [6.45, 7) is 1.73. The first kappa shape index (κ1) is 16.4. The lowest BCUT2D eigenvalue weighted by molar-refractivity contribution is -0.148. The number of hydrogen-bond acceptors (Lipinski definition) is 6. The third-order valence-corrected chi connectivity index (χ3v) is 3.51. The van der Waals surface area contributed by atoms with E-state index in [9.17, 15) is 14.7 Å². The molecule has 2 rings (SSSR count). The van der Waals surface area contributed by atoms with E-state index in [1.165, 1.54) is 6.42 Å². The molecule has 8 nitrogen and oxygen atoms in total. The third kappa shape index (κ3) is 4.17. The van der Waals surface area contributed by atoms with Gasteiger partial charge in [-0.3, -0.25) is 9.59 Å². The monoisotopic (exact) mass is 288 g/mol. The van der Waals surface area contributed by atoms with Gasteiger partial charge in [-0.05, 0) is 19.8 Å². The van der Waals surface area contributed by atoms with Gasteiger partial charge in [-0.1, -0.05) is 19.3 Å². The highest BCUT2D eigenvalue weighted by Gasteiger charge is 2.43. The molecule has 2 unspecified atom stereocenters. The fourth-order valence-electron chi connectivity index (χ4n) is 2.46. The highest BCUT2D eigenvalue weighted by Crippen LogP contribution is 2.28. The Hall–Kier alpha value is -1.67. The number of aliphatic hydroxyl groups excluding tert-OH is 1. The summed E-state index contributed by atoms with van der Waals surface area (Å²) in [7, 11) is 0. The molecule has 2 fully saturated rings. The van der Waals surface area contributed by atoms with E-state index in [0.29, 0.717) is 0 Å². The van der Waals surface area contributed by atoms with Crippen LogP contribution in [0.3, 0.4) is 0 Å². The number of hydroxylamine groups is 1. The molecule has 8 heteroatoms. The van der Waals surface area contributed by atoms with E-state index < -0.39 is 24.0 Å². The Morgan fingerprint density at radius 2 is 2.00 bits per heavy atom. The second-order valence-corrected chi connectivity index (χ2v) is 5.18. The van der Waals surface area contributed by atoms with Crippen molar-refractivity contribution in [3.63, 3.8) is 0 Å². The van der Waals surface area contributed by atoms with Crippen molar-refractivity contribution in [3.8, 4) is 0 Å². The van der Waals surface area contributed by atoms with Gasteiger partial charge in [-0.25, -0.2) is 4.79 Å². The molecule has 0 aromatic carbocycles. The van der Waals surface area contributed by atoms with E-state index in [1.807, 2.05) is 6.92 Å². The molecule has 0 spiro atoms. The average molecular weight is 288 g/mol. The predicted molar refractivity (Wildman–Crippen MR) is 67.1 cm³/mol. The number of nitrogens with one attached hydrogen (secondary N) is 2. The molecule has 0 aromatic heterocycles. The van der Waals surface area contributed by atoms with Gasteiger partial charge in [0.05, 0.1) is 0 Å². The maximum atomic E-state index is 11.9. The fourth-order valence-corrected chi connectivity index (χ4v) is 2.46. The molecule has 1 aliphatic heterocycles. The minimum atomic E-state index is -1.25. The maximum absolute atomic E-state index is 11.9. The lowest BCUT2D eigenvalue weighted by atomic mass is 9.83. The van der Waals surface area contributed by atoms with Crippen molar-refractivity contribution in [1.29, 1.82) is 0 Å². The lowest BCUT2D eigenvalue weighted by Crippen LogP contribution is -2.52. The van der Waals surface area contributed by atoms with E-state index in [-0.39, 0.29) is 12.0 Å². The van der Waals surface area contributed by atoms with Crippen molar-refractivity contribution in [3.05, 3.63) is 0 Å². The Kier molecular flexibility index (Phi) is 5.90. The van der Waals surface area contributed by atoms with Crippen LogP contribution in [0.1, 0.15) is 39.0 Å². The highest BCUT2D eigenvalue weighted by atomic mass is 16.7. The molecule has 1 saturated carbocycles. The van der Waals surface area contributed by atoms with Gasteiger partial charge in [0.1, 0.15) is 0 Å². The first-order valence-corrected chi connectivity index (χ1v) is 6.48. The third-order valence-electron chi connectivity index (χ3n) is 3.51. The molecule has 0 radical (unpaired) electrons. The van der Waals surface area contributed by atoms with E-state index >= 15 is 0 Å². The number of carboxylic acid groups (broad SMARTS) is 1. The predicted octanol–water partition coefficient (Wildman–Crippen LogP) is -0.478. The normalized spacial score (nSPS) is 27.8. The first-order chi connectivity index (χ1) is 9.43. The van der Waals surface area contributed by atoms with Gasteiger partial charge in [0.15, 0.2) is 12.1 Å². The van der Waals surface area contributed by atoms with Crippen LogP contribution in [0.15, 0.2) is 0 Å². The van der Waals surface area contributed by atoms with Gasteiger partial charge < -0.3 is 20.4 Å². The van der Waals surface area contributed by atoms with Crippen LogP contribution in [0.25, 0.3) is 0 Å². The van der Waals surface area contributed by atoms with Gasteiger partial charge in [-0.15, -0.1) is 5.48 Å². The highest BCUT2D eigenvalue weighted by molar-refractivity contribution is 5.99. The van der Waals surface area contributed by atoms with Crippen LogP contribution in [-0.4, -0.2) is 40.3 Å². The van der Waals surface area contributed by atoms with Gasteiger partial charge in [-0.2, -0.15) is 0 Å². The molecular weight excluding hydrogens is 268 g/mol. The number of carbonyl (C=O) groups excluding carboxylic acids is 2. The molecule has 2 atom stereocenters. The smallest absolute Gasteiger partial charge is 0.341 e.